The molecule has 0 aliphatic rings. The normalized spacial score (nSPS) is 10.9. The molecular formula is C24H18N4O2. The Morgan fingerprint density at radius 2 is 1.70 bits per heavy atom. The van der Waals surface area contributed by atoms with Gasteiger partial charge in [-0.25, -0.2) is 9.78 Å². The first-order valence-electron chi connectivity index (χ1n) is 9.57. The van der Waals surface area contributed by atoms with Gasteiger partial charge in [-0.05, 0) is 29.8 Å². The second-order valence-corrected chi connectivity index (χ2v) is 6.85. The number of rotatable bonds is 5. The number of nitrogens with one attached hydrogen (secondary N) is 1. The highest BCUT2D eigenvalue weighted by Gasteiger charge is 2.10. The lowest BCUT2D eigenvalue weighted by atomic mass is 10.1. The number of fused-ring (bicyclic) bond motifs is 1. The summed E-state index contributed by atoms with van der Waals surface area (Å²) in [6, 6.07) is 23.4. The molecule has 0 saturated carbocycles. The van der Waals surface area contributed by atoms with E-state index >= 15 is 0 Å². The molecule has 2 aromatic carbocycles. The number of nitrogens with zero attached hydrogens (tertiary/aromatic N) is 3. The molecule has 5 aromatic rings. The summed E-state index contributed by atoms with van der Waals surface area (Å²) in [6.07, 6.45) is 5.05. The van der Waals surface area contributed by atoms with Gasteiger partial charge in [0.05, 0.1) is 16.9 Å². The number of para-hydroxylation sites is 1. The Bertz CT molecular complexity index is 1360. The zero-order valence-corrected chi connectivity index (χ0v) is 16.0. The number of pyridine rings is 2. The maximum atomic E-state index is 12.3. The molecule has 6 nitrogen and oxygen atoms in total. The van der Waals surface area contributed by atoms with Crippen molar-refractivity contribution < 1.29 is 4.74 Å². The van der Waals surface area contributed by atoms with Crippen LogP contribution >= 0.6 is 0 Å². The minimum absolute atomic E-state index is 0.189. The summed E-state index contributed by atoms with van der Waals surface area (Å²) >= 11 is 0. The van der Waals surface area contributed by atoms with Crippen LogP contribution in [0.2, 0.25) is 0 Å². The van der Waals surface area contributed by atoms with Crippen LogP contribution in [0.15, 0.2) is 96.2 Å². The number of H-pyrrole nitrogens is 1. The van der Waals surface area contributed by atoms with Crippen LogP contribution < -0.4 is 10.4 Å². The summed E-state index contributed by atoms with van der Waals surface area (Å²) in [5.74, 6) is 0.593. The number of aromatic amines is 1. The first-order valence-corrected chi connectivity index (χ1v) is 9.57. The van der Waals surface area contributed by atoms with Gasteiger partial charge in [0, 0.05) is 35.6 Å². The van der Waals surface area contributed by atoms with Crippen LogP contribution in [0.1, 0.15) is 5.56 Å². The first kappa shape index (κ1) is 17.9. The van der Waals surface area contributed by atoms with Gasteiger partial charge < -0.3 is 9.72 Å². The molecule has 0 spiro atoms. The number of hydrogen-bond donors (Lipinski definition) is 1. The highest BCUT2D eigenvalue weighted by atomic mass is 16.5. The number of benzene rings is 2. The third-order valence-electron chi connectivity index (χ3n) is 4.91. The molecule has 0 unspecified atom stereocenters. The predicted octanol–water partition coefficient (Wildman–Crippen LogP) is 4.35. The minimum atomic E-state index is -0.189. The molecule has 0 bridgehead atoms. The lowest BCUT2D eigenvalue weighted by Gasteiger charge is -2.09. The van der Waals surface area contributed by atoms with E-state index in [9.17, 15) is 4.79 Å². The molecule has 0 atom stereocenters. The van der Waals surface area contributed by atoms with Crippen molar-refractivity contribution in [3.63, 3.8) is 0 Å². The molecule has 30 heavy (non-hydrogen) atoms. The monoisotopic (exact) mass is 394 g/mol. The van der Waals surface area contributed by atoms with E-state index in [2.05, 4.69) is 15.0 Å². The average Bonchev–Trinajstić information content (AvgIpc) is 3.20. The molecule has 146 valence electrons. The quantitative estimate of drug-likeness (QED) is 0.481. The van der Waals surface area contributed by atoms with Crippen molar-refractivity contribution in [2.75, 3.05) is 0 Å². The second kappa shape index (κ2) is 7.67. The minimum Gasteiger partial charge on any atom is -0.473 e. The van der Waals surface area contributed by atoms with Crippen LogP contribution in [0.25, 0.3) is 27.8 Å². The second-order valence-electron chi connectivity index (χ2n) is 6.85. The van der Waals surface area contributed by atoms with Gasteiger partial charge in [0.25, 0.3) is 0 Å². The fourth-order valence-corrected chi connectivity index (χ4v) is 3.39. The predicted molar refractivity (Wildman–Crippen MR) is 116 cm³/mol. The highest BCUT2D eigenvalue weighted by molar-refractivity contribution is 5.78. The van der Waals surface area contributed by atoms with E-state index < -0.39 is 0 Å². The maximum absolute atomic E-state index is 12.3. The van der Waals surface area contributed by atoms with Crippen LogP contribution in [0.3, 0.4) is 0 Å². The largest absolute Gasteiger partial charge is 0.473 e. The Morgan fingerprint density at radius 1 is 0.900 bits per heavy atom. The van der Waals surface area contributed by atoms with E-state index in [1.54, 1.807) is 35.3 Å². The van der Waals surface area contributed by atoms with Gasteiger partial charge in [-0.2, -0.15) is 0 Å². The van der Waals surface area contributed by atoms with Gasteiger partial charge in [-0.1, -0.05) is 42.5 Å². The lowest BCUT2D eigenvalue weighted by molar-refractivity contribution is 0.295. The van der Waals surface area contributed by atoms with Gasteiger partial charge in [0.15, 0.2) is 0 Å². The maximum Gasteiger partial charge on any atom is 0.330 e. The summed E-state index contributed by atoms with van der Waals surface area (Å²) in [5.41, 5.74) is 4.22. The van der Waals surface area contributed by atoms with Crippen LogP contribution in [-0.2, 0) is 6.61 Å². The summed E-state index contributed by atoms with van der Waals surface area (Å²) in [5, 5.41) is 1.08. The standard InChI is InChI=1S/C24H18N4O2/c29-24-26-15-22(28(24)20-11-13-25-14-12-20)19-7-5-17(6-8-19)16-30-23-10-9-18-3-1-2-4-21(18)27-23/h1-15H,16H2,(H,26,29). The molecule has 0 amide bonds. The zero-order valence-electron chi connectivity index (χ0n) is 16.0. The van der Waals surface area contributed by atoms with E-state index in [0.717, 1.165) is 33.4 Å². The van der Waals surface area contributed by atoms with Gasteiger partial charge >= 0.3 is 5.69 Å². The lowest BCUT2D eigenvalue weighted by Crippen LogP contribution is -2.15. The summed E-state index contributed by atoms with van der Waals surface area (Å²) in [7, 11) is 0. The van der Waals surface area contributed by atoms with Crippen molar-refractivity contribution in [2.24, 2.45) is 0 Å². The Balaban J connectivity index is 1.36. The van der Waals surface area contributed by atoms with Gasteiger partial charge in [0.1, 0.15) is 6.61 Å². The smallest absolute Gasteiger partial charge is 0.330 e. The summed E-state index contributed by atoms with van der Waals surface area (Å²) in [6.45, 7) is 0.413. The number of hydrogen-bond acceptors (Lipinski definition) is 4. The fourth-order valence-electron chi connectivity index (χ4n) is 3.39. The molecule has 6 heteroatoms. The molecule has 0 fully saturated rings. The van der Waals surface area contributed by atoms with Crippen LogP contribution in [0, 0.1) is 0 Å². The summed E-state index contributed by atoms with van der Waals surface area (Å²) in [4.78, 5) is 23.6. The Hall–Kier alpha value is -4.19. The third kappa shape index (κ3) is 3.46. The average molecular weight is 394 g/mol. The molecule has 3 aromatic heterocycles. The number of imidazole rings is 1. The summed E-state index contributed by atoms with van der Waals surface area (Å²) < 4.78 is 7.49. The van der Waals surface area contributed by atoms with Crippen molar-refractivity contribution in [1.29, 1.82) is 0 Å². The van der Waals surface area contributed by atoms with Crippen LogP contribution in [0.4, 0.5) is 0 Å². The Kier molecular flexibility index (Phi) is 4.57. The molecule has 3 heterocycles. The molecular weight excluding hydrogens is 376 g/mol. The molecule has 0 aliphatic carbocycles. The highest BCUT2D eigenvalue weighted by Crippen LogP contribution is 2.22. The van der Waals surface area contributed by atoms with E-state index in [1.807, 2.05) is 60.7 Å². The topological polar surface area (TPSA) is 72.8 Å². The Morgan fingerprint density at radius 3 is 2.53 bits per heavy atom. The fraction of sp³-hybridized carbons (Fsp3) is 0.0417. The van der Waals surface area contributed by atoms with Gasteiger partial charge in [-0.3, -0.25) is 9.55 Å². The van der Waals surface area contributed by atoms with E-state index in [4.69, 9.17) is 4.74 Å². The molecule has 0 aliphatic heterocycles. The van der Waals surface area contributed by atoms with Crippen molar-refractivity contribution in [3.05, 3.63) is 107 Å². The van der Waals surface area contributed by atoms with Crippen molar-refractivity contribution >= 4 is 10.9 Å². The molecule has 0 radical (unpaired) electrons. The third-order valence-corrected chi connectivity index (χ3v) is 4.91. The zero-order chi connectivity index (χ0) is 20.3. The van der Waals surface area contributed by atoms with Gasteiger partial charge in [0.2, 0.25) is 5.88 Å². The number of ether oxygens (including phenoxy) is 1. The van der Waals surface area contributed by atoms with Crippen molar-refractivity contribution in [2.45, 2.75) is 6.61 Å². The SMILES string of the molecule is O=c1[nH]cc(-c2ccc(COc3ccc4ccccc4n3)cc2)n1-c1ccncc1. The Labute approximate surface area is 172 Å². The van der Waals surface area contributed by atoms with Crippen molar-refractivity contribution in [3.8, 4) is 22.8 Å². The van der Waals surface area contributed by atoms with E-state index in [1.165, 1.54) is 0 Å². The van der Waals surface area contributed by atoms with Crippen LogP contribution in [-0.4, -0.2) is 19.5 Å². The van der Waals surface area contributed by atoms with E-state index in [0.29, 0.717) is 12.5 Å². The van der Waals surface area contributed by atoms with Gasteiger partial charge in [-0.15, -0.1) is 0 Å². The first-order chi connectivity index (χ1) is 14.8. The van der Waals surface area contributed by atoms with Crippen LogP contribution in [0.5, 0.6) is 5.88 Å². The molecule has 1 N–H and O–H groups in total. The number of aromatic nitrogens is 4. The molecule has 0 saturated heterocycles. The molecule has 5 rings (SSSR count). The van der Waals surface area contributed by atoms with E-state index in [-0.39, 0.29) is 5.69 Å². The van der Waals surface area contributed by atoms with Crippen molar-refractivity contribution in [1.82, 2.24) is 19.5 Å².